The molecule has 0 aliphatic carbocycles. The number of nitrogens with two attached hydrogens (primary N) is 1. The topological polar surface area (TPSA) is 43.1 Å². The molecule has 0 spiro atoms. The highest BCUT2D eigenvalue weighted by atomic mass is 16.1. The molecular formula is C12H17NO. The van der Waals surface area contributed by atoms with Gasteiger partial charge in [0.2, 0.25) is 5.91 Å². The van der Waals surface area contributed by atoms with Crippen LogP contribution in [0, 0.1) is 12.8 Å². The van der Waals surface area contributed by atoms with Crippen LogP contribution in [0.2, 0.25) is 0 Å². The third-order valence-electron chi connectivity index (χ3n) is 2.25. The molecule has 1 aromatic carbocycles. The van der Waals surface area contributed by atoms with Gasteiger partial charge >= 0.3 is 0 Å². The van der Waals surface area contributed by atoms with Gasteiger partial charge in [0.25, 0.3) is 0 Å². The Kier molecular flexibility index (Phi) is 3.69. The van der Waals surface area contributed by atoms with E-state index in [4.69, 9.17) is 5.73 Å². The minimum atomic E-state index is -0.218. The van der Waals surface area contributed by atoms with Gasteiger partial charge in [0.15, 0.2) is 0 Å². The second kappa shape index (κ2) is 4.80. The van der Waals surface area contributed by atoms with E-state index >= 15 is 0 Å². The summed E-state index contributed by atoms with van der Waals surface area (Å²) in [5, 5.41) is 0. The van der Waals surface area contributed by atoms with Gasteiger partial charge in [-0.05, 0) is 24.8 Å². The van der Waals surface area contributed by atoms with E-state index in [2.05, 4.69) is 31.2 Å². The zero-order chi connectivity index (χ0) is 10.6. The summed E-state index contributed by atoms with van der Waals surface area (Å²) in [6, 6.07) is 8.39. The Bertz CT molecular complexity index is 303. The fourth-order valence-corrected chi connectivity index (χ4v) is 1.54. The lowest BCUT2D eigenvalue weighted by atomic mass is 9.97. The number of rotatable bonds is 4. The van der Waals surface area contributed by atoms with Crippen molar-refractivity contribution in [3.63, 3.8) is 0 Å². The molecule has 2 N–H and O–H groups in total. The molecule has 2 heteroatoms. The summed E-state index contributed by atoms with van der Waals surface area (Å²) >= 11 is 0. The molecule has 0 aliphatic heterocycles. The standard InChI is InChI=1S/C12H17NO/c1-9-3-5-11(6-4-9)7-10(2)8-12(13)14/h3-6,10H,7-8H2,1-2H3,(H2,13,14)/t10-/m1/s1. The Labute approximate surface area is 85.1 Å². The highest BCUT2D eigenvalue weighted by Crippen LogP contribution is 2.12. The normalized spacial score (nSPS) is 12.4. The van der Waals surface area contributed by atoms with Gasteiger partial charge in [0, 0.05) is 6.42 Å². The zero-order valence-electron chi connectivity index (χ0n) is 8.79. The van der Waals surface area contributed by atoms with Gasteiger partial charge in [-0.25, -0.2) is 0 Å². The average molecular weight is 191 g/mol. The first kappa shape index (κ1) is 10.8. The maximum absolute atomic E-state index is 10.7. The van der Waals surface area contributed by atoms with Crippen LogP contribution in [-0.2, 0) is 11.2 Å². The largest absolute Gasteiger partial charge is 0.370 e. The fraction of sp³-hybridized carbons (Fsp3) is 0.417. The minimum absolute atomic E-state index is 0.218. The van der Waals surface area contributed by atoms with Crippen molar-refractivity contribution in [3.05, 3.63) is 35.4 Å². The van der Waals surface area contributed by atoms with Crippen molar-refractivity contribution >= 4 is 5.91 Å². The summed E-state index contributed by atoms with van der Waals surface area (Å²) in [4.78, 5) is 10.7. The molecule has 0 radical (unpaired) electrons. The molecule has 0 saturated carbocycles. The quantitative estimate of drug-likeness (QED) is 0.777. The fourth-order valence-electron chi connectivity index (χ4n) is 1.54. The Hall–Kier alpha value is -1.31. The summed E-state index contributed by atoms with van der Waals surface area (Å²) < 4.78 is 0. The van der Waals surface area contributed by atoms with Crippen LogP contribution < -0.4 is 5.73 Å². The van der Waals surface area contributed by atoms with Crippen molar-refractivity contribution in [2.24, 2.45) is 11.7 Å². The van der Waals surface area contributed by atoms with Crippen LogP contribution in [0.15, 0.2) is 24.3 Å². The molecule has 14 heavy (non-hydrogen) atoms. The van der Waals surface area contributed by atoms with E-state index in [0.717, 1.165) is 6.42 Å². The number of carbonyl (C=O) groups is 1. The number of benzene rings is 1. The molecule has 0 saturated heterocycles. The molecule has 1 rings (SSSR count). The Morgan fingerprint density at radius 3 is 2.43 bits per heavy atom. The van der Waals surface area contributed by atoms with Crippen LogP contribution in [0.5, 0.6) is 0 Å². The summed E-state index contributed by atoms with van der Waals surface area (Å²) in [5.74, 6) is 0.111. The van der Waals surface area contributed by atoms with E-state index in [1.165, 1.54) is 11.1 Å². The molecule has 0 aliphatic rings. The van der Waals surface area contributed by atoms with E-state index in [1.807, 2.05) is 6.92 Å². The number of primary amides is 1. The van der Waals surface area contributed by atoms with Crippen LogP contribution in [0.1, 0.15) is 24.5 Å². The van der Waals surface area contributed by atoms with E-state index in [-0.39, 0.29) is 5.91 Å². The van der Waals surface area contributed by atoms with Crippen molar-refractivity contribution in [2.75, 3.05) is 0 Å². The van der Waals surface area contributed by atoms with Gasteiger partial charge in [-0.2, -0.15) is 0 Å². The highest BCUT2D eigenvalue weighted by Gasteiger charge is 2.06. The predicted molar refractivity (Wildman–Crippen MR) is 57.9 cm³/mol. The summed E-state index contributed by atoms with van der Waals surface area (Å²) in [6.07, 6.45) is 1.39. The van der Waals surface area contributed by atoms with Crippen molar-refractivity contribution in [1.29, 1.82) is 0 Å². The smallest absolute Gasteiger partial charge is 0.217 e. The minimum Gasteiger partial charge on any atom is -0.370 e. The molecule has 0 unspecified atom stereocenters. The van der Waals surface area contributed by atoms with E-state index in [0.29, 0.717) is 12.3 Å². The second-order valence-electron chi connectivity index (χ2n) is 3.97. The molecule has 76 valence electrons. The van der Waals surface area contributed by atoms with Gasteiger partial charge in [-0.3, -0.25) is 4.79 Å². The number of aryl methyl sites for hydroxylation is 1. The van der Waals surface area contributed by atoms with Crippen molar-refractivity contribution < 1.29 is 4.79 Å². The summed E-state index contributed by atoms with van der Waals surface area (Å²) in [5.41, 5.74) is 7.66. The van der Waals surface area contributed by atoms with Crippen LogP contribution in [0.4, 0.5) is 0 Å². The van der Waals surface area contributed by atoms with Gasteiger partial charge in [-0.15, -0.1) is 0 Å². The van der Waals surface area contributed by atoms with Crippen LogP contribution in [0.3, 0.4) is 0 Å². The number of hydrogen-bond donors (Lipinski definition) is 1. The second-order valence-corrected chi connectivity index (χ2v) is 3.97. The van der Waals surface area contributed by atoms with Crippen molar-refractivity contribution in [1.82, 2.24) is 0 Å². The molecule has 1 amide bonds. The Morgan fingerprint density at radius 2 is 1.93 bits per heavy atom. The first-order valence-electron chi connectivity index (χ1n) is 4.92. The van der Waals surface area contributed by atoms with E-state index < -0.39 is 0 Å². The SMILES string of the molecule is Cc1ccc(C[C@@H](C)CC(N)=O)cc1. The van der Waals surface area contributed by atoms with Crippen LogP contribution in [-0.4, -0.2) is 5.91 Å². The van der Waals surface area contributed by atoms with Crippen molar-refractivity contribution in [3.8, 4) is 0 Å². The van der Waals surface area contributed by atoms with Gasteiger partial charge < -0.3 is 5.73 Å². The number of hydrogen-bond acceptors (Lipinski definition) is 1. The molecule has 2 nitrogen and oxygen atoms in total. The molecule has 0 fully saturated rings. The summed E-state index contributed by atoms with van der Waals surface area (Å²) in [6.45, 7) is 4.11. The molecule has 0 heterocycles. The molecular weight excluding hydrogens is 174 g/mol. The van der Waals surface area contributed by atoms with Crippen molar-refractivity contribution in [2.45, 2.75) is 26.7 Å². The molecule has 0 aromatic heterocycles. The third-order valence-corrected chi connectivity index (χ3v) is 2.25. The van der Waals surface area contributed by atoms with E-state index in [1.54, 1.807) is 0 Å². The van der Waals surface area contributed by atoms with Gasteiger partial charge in [-0.1, -0.05) is 36.8 Å². The Morgan fingerprint density at radius 1 is 1.36 bits per heavy atom. The molecule has 1 atom stereocenters. The third kappa shape index (κ3) is 3.60. The highest BCUT2D eigenvalue weighted by molar-refractivity contribution is 5.73. The van der Waals surface area contributed by atoms with Gasteiger partial charge in [0.1, 0.15) is 0 Å². The lowest BCUT2D eigenvalue weighted by Gasteiger charge is -2.08. The van der Waals surface area contributed by atoms with Gasteiger partial charge in [0.05, 0.1) is 0 Å². The first-order chi connectivity index (χ1) is 6.58. The van der Waals surface area contributed by atoms with E-state index in [9.17, 15) is 4.79 Å². The lowest BCUT2D eigenvalue weighted by Crippen LogP contribution is -2.15. The number of carbonyl (C=O) groups excluding carboxylic acids is 1. The monoisotopic (exact) mass is 191 g/mol. The van der Waals surface area contributed by atoms with Crippen LogP contribution in [0.25, 0.3) is 0 Å². The maximum Gasteiger partial charge on any atom is 0.217 e. The average Bonchev–Trinajstić information content (AvgIpc) is 2.07. The summed E-state index contributed by atoms with van der Waals surface area (Å²) in [7, 11) is 0. The molecule has 0 bridgehead atoms. The predicted octanol–water partition coefficient (Wildman–Crippen LogP) is 2.05. The zero-order valence-corrected chi connectivity index (χ0v) is 8.79. The lowest BCUT2D eigenvalue weighted by molar-refractivity contribution is -0.118. The number of amides is 1. The first-order valence-corrected chi connectivity index (χ1v) is 4.92. The maximum atomic E-state index is 10.7. The van der Waals surface area contributed by atoms with Crippen LogP contribution >= 0.6 is 0 Å². The Balaban J connectivity index is 2.51. The molecule has 1 aromatic rings.